The molecule has 0 amide bonds. The summed E-state index contributed by atoms with van der Waals surface area (Å²) in [6, 6.07) is 27.9. The maximum Gasteiger partial charge on any atom is 0.136 e. The molecule has 0 aliphatic carbocycles. The molecule has 2 aromatic heterocycles. The third kappa shape index (κ3) is 2.54. The normalized spacial score (nSPS) is 12.0. The summed E-state index contributed by atoms with van der Waals surface area (Å²) in [4.78, 5) is 4.78. The summed E-state index contributed by atoms with van der Waals surface area (Å²) in [7, 11) is 0. The zero-order valence-electron chi connectivity index (χ0n) is 17.0. The summed E-state index contributed by atoms with van der Waals surface area (Å²) < 4.78 is 6.27. The molecule has 4 aromatic carbocycles. The van der Waals surface area contributed by atoms with Crippen molar-refractivity contribution in [3.05, 3.63) is 90.6 Å². The van der Waals surface area contributed by atoms with Gasteiger partial charge in [-0.1, -0.05) is 68.4 Å². The Kier molecular flexibility index (Phi) is 3.69. The van der Waals surface area contributed by atoms with Gasteiger partial charge in [0, 0.05) is 22.5 Å². The second-order valence-electron chi connectivity index (χ2n) is 8.27. The van der Waals surface area contributed by atoms with Gasteiger partial charge < -0.3 is 4.42 Å². The second kappa shape index (κ2) is 6.43. The summed E-state index contributed by atoms with van der Waals surface area (Å²) in [5, 5.41) is 7.24. The fraction of sp³-hybridized carbons (Fsp3) is 0.107. The average Bonchev–Trinajstić information content (AvgIpc) is 3.15. The molecule has 0 aliphatic rings. The molecule has 0 spiro atoms. The summed E-state index contributed by atoms with van der Waals surface area (Å²) in [5.41, 5.74) is 5.16. The molecule has 0 bridgehead atoms. The summed E-state index contributed by atoms with van der Waals surface area (Å²) in [6.45, 7) is 4.38. The van der Waals surface area contributed by atoms with Gasteiger partial charge in [-0.15, -0.1) is 0 Å². The Balaban J connectivity index is 1.68. The Labute approximate surface area is 174 Å². The van der Waals surface area contributed by atoms with Crippen LogP contribution in [0.2, 0.25) is 0 Å². The summed E-state index contributed by atoms with van der Waals surface area (Å²) in [6.07, 6.45) is 1.99. The molecule has 0 unspecified atom stereocenters. The first-order valence-corrected chi connectivity index (χ1v) is 10.4. The molecule has 0 N–H and O–H groups in total. The third-order valence-corrected chi connectivity index (χ3v) is 6.09. The molecule has 2 nitrogen and oxygen atoms in total. The van der Waals surface area contributed by atoms with Gasteiger partial charge in [0.15, 0.2) is 0 Å². The van der Waals surface area contributed by atoms with Gasteiger partial charge in [0.1, 0.15) is 11.2 Å². The van der Waals surface area contributed by atoms with Crippen LogP contribution in [-0.2, 0) is 0 Å². The average molecular weight is 387 g/mol. The van der Waals surface area contributed by atoms with Crippen LogP contribution in [-0.4, -0.2) is 4.98 Å². The van der Waals surface area contributed by atoms with E-state index in [4.69, 9.17) is 9.40 Å². The van der Waals surface area contributed by atoms with Gasteiger partial charge in [0.05, 0.1) is 5.69 Å². The van der Waals surface area contributed by atoms with Crippen molar-refractivity contribution in [2.24, 2.45) is 0 Å². The molecule has 6 aromatic rings. The van der Waals surface area contributed by atoms with Gasteiger partial charge in [0.2, 0.25) is 0 Å². The van der Waals surface area contributed by atoms with Crippen LogP contribution in [0.4, 0.5) is 0 Å². The molecule has 0 radical (unpaired) electrons. The minimum Gasteiger partial charge on any atom is -0.456 e. The first kappa shape index (κ1) is 17.2. The van der Waals surface area contributed by atoms with E-state index in [0.29, 0.717) is 5.92 Å². The van der Waals surface area contributed by atoms with Crippen LogP contribution in [0.25, 0.3) is 54.7 Å². The number of furan rings is 1. The maximum atomic E-state index is 6.27. The van der Waals surface area contributed by atoms with Gasteiger partial charge in [-0.2, -0.15) is 0 Å². The number of hydrogen-bond donors (Lipinski definition) is 0. The van der Waals surface area contributed by atoms with Crippen LogP contribution in [0, 0.1) is 0 Å². The van der Waals surface area contributed by atoms with Crippen molar-refractivity contribution in [3.8, 4) is 11.3 Å². The van der Waals surface area contributed by atoms with Gasteiger partial charge in [0.25, 0.3) is 0 Å². The zero-order valence-corrected chi connectivity index (χ0v) is 17.0. The predicted octanol–water partition coefficient (Wildman–Crippen LogP) is 8.08. The number of aromatic nitrogens is 1. The quantitative estimate of drug-likeness (QED) is 0.281. The van der Waals surface area contributed by atoms with Crippen molar-refractivity contribution < 1.29 is 4.42 Å². The lowest BCUT2D eigenvalue weighted by Crippen LogP contribution is -1.90. The van der Waals surface area contributed by atoms with Crippen LogP contribution in [0.1, 0.15) is 25.3 Å². The van der Waals surface area contributed by atoms with E-state index in [2.05, 4.69) is 80.6 Å². The Morgan fingerprint density at radius 2 is 1.57 bits per heavy atom. The topological polar surface area (TPSA) is 26.0 Å². The molecule has 144 valence electrons. The van der Waals surface area contributed by atoms with Crippen molar-refractivity contribution in [2.75, 3.05) is 0 Å². The van der Waals surface area contributed by atoms with Crippen molar-refractivity contribution in [1.82, 2.24) is 4.98 Å². The van der Waals surface area contributed by atoms with E-state index in [1.807, 2.05) is 18.3 Å². The lowest BCUT2D eigenvalue weighted by molar-refractivity contribution is 0.669. The number of fused-ring (bicyclic) bond motifs is 6. The van der Waals surface area contributed by atoms with Gasteiger partial charge >= 0.3 is 0 Å². The van der Waals surface area contributed by atoms with Gasteiger partial charge in [-0.25, -0.2) is 0 Å². The maximum absolute atomic E-state index is 6.27. The molecule has 0 atom stereocenters. The van der Waals surface area contributed by atoms with E-state index in [1.165, 1.54) is 27.1 Å². The first-order chi connectivity index (χ1) is 14.7. The molecule has 6 rings (SSSR count). The number of hydrogen-bond acceptors (Lipinski definition) is 2. The standard InChI is InChI=1S/C28H21NO/c1-17(2)20-12-13-25(29-16-20)22-8-5-9-26-28(22)24-15-23-19(14-27(24)30-26)11-10-18-6-3-4-7-21(18)23/h3-17H,1-2H3. The second-order valence-corrected chi connectivity index (χ2v) is 8.27. The Morgan fingerprint density at radius 1 is 0.700 bits per heavy atom. The molecule has 0 saturated carbocycles. The Morgan fingerprint density at radius 3 is 2.40 bits per heavy atom. The fourth-order valence-electron chi connectivity index (χ4n) is 4.45. The Hall–Kier alpha value is -3.65. The van der Waals surface area contributed by atoms with E-state index in [-0.39, 0.29) is 0 Å². The molecule has 0 saturated heterocycles. The highest BCUT2D eigenvalue weighted by molar-refractivity contribution is 6.19. The molecule has 2 heteroatoms. The van der Waals surface area contributed by atoms with E-state index in [9.17, 15) is 0 Å². The number of rotatable bonds is 2. The van der Waals surface area contributed by atoms with Crippen molar-refractivity contribution in [2.45, 2.75) is 19.8 Å². The minimum absolute atomic E-state index is 0.469. The van der Waals surface area contributed by atoms with Crippen molar-refractivity contribution in [1.29, 1.82) is 0 Å². The summed E-state index contributed by atoms with van der Waals surface area (Å²) in [5.74, 6) is 0.469. The number of benzene rings is 4. The molecule has 0 aliphatic heterocycles. The lowest BCUT2D eigenvalue weighted by atomic mass is 9.97. The number of nitrogens with zero attached hydrogens (tertiary/aromatic N) is 1. The highest BCUT2D eigenvalue weighted by Crippen LogP contribution is 2.39. The SMILES string of the molecule is CC(C)c1ccc(-c2cccc3oc4cc5ccc6ccccc6c5cc4c23)nc1. The van der Waals surface area contributed by atoms with Crippen LogP contribution in [0.5, 0.6) is 0 Å². The minimum atomic E-state index is 0.469. The third-order valence-electron chi connectivity index (χ3n) is 6.09. The predicted molar refractivity (Wildman–Crippen MR) is 126 cm³/mol. The molecular weight excluding hydrogens is 366 g/mol. The lowest BCUT2D eigenvalue weighted by Gasteiger charge is -2.07. The highest BCUT2D eigenvalue weighted by Gasteiger charge is 2.15. The van der Waals surface area contributed by atoms with Gasteiger partial charge in [-0.05, 0) is 57.3 Å². The van der Waals surface area contributed by atoms with E-state index in [1.54, 1.807) is 0 Å². The van der Waals surface area contributed by atoms with Crippen LogP contribution in [0.15, 0.2) is 89.5 Å². The van der Waals surface area contributed by atoms with Crippen LogP contribution >= 0.6 is 0 Å². The highest BCUT2D eigenvalue weighted by atomic mass is 16.3. The monoisotopic (exact) mass is 387 g/mol. The van der Waals surface area contributed by atoms with E-state index < -0.39 is 0 Å². The van der Waals surface area contributed by atoms with Crippen LogP contribution < -0.4 is 0 Å². The largest absolute Gasteiger partial charge is 0.456 e. The van der Waals surface area contributed by atoms with Crippen molar-refractivity contribution >= 4 is 43.5 Å². The molecule has 30 heavy (non-hydrogen) atoms. The van der Waals surface area contributed by atoms with Crippen molar-refractivity contribution in [3.63, 3.8) is 0 Å². The first-order valence-electron chi connectivity index (χ1n) is 10.4. The summed E-state index contributed by atoms with van der Waals surface area (Å²) >= 11 is 0. The fourth-order valence-corrected chi connectivity index (χ4v) is 4.45. The van der Waals surface area contributed by atoms with E-state index in [0.717, 1.165) is 33.2 Å². The van der Waals surface area contributed by atoms with Crippen LogP contribution in [0.3, 0.4) is 0 Å². The van der Waals surface area contributed by atoms with E-state index >= 15 is 0 Å². The smallest absolute Gasteiger partial charge is 0.136 e. The molecule has 0 fully saturated rings. The Bertz CT molecular complexity index is 1560. The molecular formula is C28H21NO. The number of pyridine rings is 1. The zero-order chi connectivity index (χ0) is 20.2. The van der Waals surface area contributed by atoms with Gasteiger partial charge in [-0.3, -0.25) is 4.98 Å². The molecule has 2 heterocycles.